The Morgan fingerprint density at radius 1 is 1.25 bits per heavy atom. The molecule has 0 aliphatic heterocycles. The minimum absolute atomic E-state index is 0.113. The molecule has 2 heteroatoms. The molecule has 0 saturated carbocycles. The largest absolute Gasteiger partial charge is 0.383 e. The first-order valence-corrected chi connectivity index (χ1v) is 4.92. The van der Waals surface area contributed by atoms with Crippen LogP contribution in [0.1, 0.15) is 40.0 Å². The molecule has 1 atom stereocenters. The maximum atomic E-state index is 6.25. The molecule has 0 spiro atoms. The van der Waals surface area contributed by atoms with Crippen molar-refractivity contribution < 1.29 is 4.74 Å². The van der Waals surface area contributed by atoms with E-state index in [-0.39, 0.29) is 5.54 Å². The van der Waals surface area contributed by atoms with E-state index in [1.807, 2.05) is 0 Å². The maximum Gasteiger partial charge on any atom is 0.0645 e. The highest BCUT2D eigenvalue weighted by atomic mass is 16.5. The van der Waals surface area contributed by atoms with E-state index in [0.29, 0.717) is 12.5 Å². The summed E-state index contributed by atoms with van der Waals surface area (Å²) in [5, 5.41) is 0. The lowest BCUT2D eigenvalue weighted by atomic mass is 9.80. The van der Waals surface area contributed by atoms with Crippen LogP contribution in [0.4, 0.5) is 0 Å². The third-order valence-electron chi connectivity index (χ3n) is 2.87. The van der Waals surface area contributed by atoms with Crippen molar-refractivity contribution in [3.05, 3.63) is 0 Å². The summed E-state index contributed by atoms with van der Waals surface area (Å²) in [7, 11) is 1.72. The first-order chi connectivity index (χ1) is 5.64. The number of ether oxygens (including phenoxy) is 1. The lowest BCUT2D eigenvalue weighted by Gasteiger charge is -2.35. The Bertz CT molecular complexity index is 112. The van der Waals surface area contributed by atoms with Crippen molar-refractivity contribution in [1.82, 2.24) is 0 Å². The Morgan fingerprint density at radius 3 is 2.00 bits per heavy atom. The van der Waals surface area contributed by atoms with E-state index in [1.165, 1.54) is 0 Å². The van der Waals surface area contributed by atoms with E-state index in [2.05, 4.69) is 20.8 Å². The summed E-state index contributed by atoms with van der Waals surface area (Å²) in [5.41, 5.74) is 6.14. The van der Waals surface area contributed by atoms with E-state index in [4.69, 9.17) is 10.5 Å². The Labute approximate surface area is 76.5 Å². The molecular formula is C10H23NO. The molecule has 0 aromatic carbocycles. The minimum atomic E-state index is -0.113. The summed E-state index contributed by atoms with van der Waals surface area (Å²) < 4.78 is 5.16. The zero-order chi connectivity index (χ0) is 9.61. The average molecular weight is 173 g/mol. The molecule has 0 heterocycles. The minimum Gasteiger partial charge on any atom is -0.383 e. The van der Waals surface area contributed by atoms with Crippen LogP contribution in [-0.2, 0) is 4.74 Å². The first kappa shape index (κ1) is 11.9. The number of rotatable bonds is 6. The Kier molecular flexibility index (Phi) is 5.51. The molecule has 2 nitrogen and oxygen atoms in total. The Hall–Kier alpha value is -0.0800. The standard InChI is InChI=1S/C10H23NO/c1-5-9(6-2)10(11,7-3)8-12-4/h9H,5-8,11H2,1-4H3. The van der Waals surface area contributed by atoms with Gasteiger partial charge < -0.3 is 10.5 Å². The average Bonchev–Trinajstić information content (AvgIpc) is 2.07. The topological polar surface area (TPSA) is 35.2 Å². The van der Waals surface area contributed by atoms with Gasteiger partial charge in [-0.05, 0) is 12.3 Å². The zero-order valence-electron chi connectivity index (χ0n) is 8.89. The van der Waals surface area contributed by atoms with Gasteiger partial charge in [0.2, 0.25) is 0 Å². The van der Waals surface area contributed by atoms with Crippen molar-refractivity contribution in [3.63, 3.8) is 0 Å². The molecule has 0 aromatic heterocycles. The van der Waals surface area contributed by atoms with Crippen molar-refractivity contribution in [2.75, 3.05) is 13.7 Å². The SMILES string of the molecule is CCC(CC)C(N)(CC)COC. The third-order valence-corrected chi connectivity index (χ3v) is 2.87. The fourth-order valence-electron chi connectivity index (χ4n) is 1.88. The van der Waals surface area contributed by atoms with E-state index in [0.717, 1.165) is 19.3 Å². The van der Waals surface area contributed by atoms with Crippen LogP contribution < -0.4 is 5.73 Å². The van der Waals surface area contributed by atoms with E-state index in [1.54, 1.807) is 7.11 Å². The molecule has 0 fully saturated rings. The fourth-order valence-corrected chi connectivity index (χ4v) is 1.88. The number of hydrogen-bond donors (Lipinski definition) is 1. The molecule has 0 aliphatic rings. The van der Waals surface area contributed by atoms with Gasteiger partial charge in [-0.25, -0.2) is 0 Å². The molecule has 12 heavy (non-hydrogen) atoms. The highest BCUT2D eigenvalue weighted by molar-refractivity contribution is 4.88. The van der Waals surface area contributed by atoms with Gasteiger partial charge in [0.25, 0.3) is 0 Å². The summed E-state index contributed by atoms with van der Waals surface area (Å²) in [4.78, 5) is 0. The second-order valence-corrected chi connectivity index (χ2v) is 3.53. The highest BCUT2D eigenvalue weighted by Crippen LogP contribution is 2.25. The Balaban J connectivity index is 4.24. The van der Waals surface area contributed by atoms with E-state index >= 15 is 0 Å². The molecule has 0 aliphatic carbocycles. The molecule has 2 N–H and O–H groups in total. The van der Waals surface area contributed by atoms with Gasteiger partial charge in [0.1, 0.15) is 0 Å². The van der Waals surface area contributed by atoms with Gasteiger partial charge in [0.15, 0.2) is 0 Å². The van der Waals surface area contributed by atoms with Gasteiger partial charge in [-0.15, -0.1) is 0 Å². The first-order valence-electron chi connectivity index (χ1n) is 4.92. The second kappa shape index (κ2) is 5.55. The van der Waals surface area contributed by atoms with Crippen LogP contribution in [0.25, 0.3) is 0 Å². The summed E-state index contributed by atoms with van der Waals surface area (Å²) in [5.74, 6) is 0.586. The van der Waals surface area contributed by atoms with Crippen molar-refractivity contribution >= 4 is 0 Å². The van der Waals surface area contributed by atoms with Crippen LogP contribution >= 0.6 is 0 Å². The van der Waals surface area contributed by atoms with Crippen LogP contribution in [-0.4, -0.2) is 19.3 Å². The molecule has 1 unspecified atom stereocenters. The van der Waals surface area contributed by atoms with Gasteiger partial charge in [-0.1, -0.05) is 33.6 Å². The van der Waals surface area contributed by atoms with Gasteiger partial charge in [0.05, 0.1) is 6.61 Å². The van der Waals surface area contributed by atoms with Crippen LogP contribution in [0.2, 0.25) is 0 Å². The third kappa shape index (κ3) is 2.76. The number of methoxy groups -OCH3 is 1. The van der Waals surface area contributed by atoms with Crippen LogP contribution in [0.5, 0.6) is 0 Å². The maximum absolute atomic E-state index is 6.25. The molecule has 74 valence electrons. The summed E-state index contributed by atoms with van der Waals surface area (Å²) in [6, 6.07) is 0. The zero-order valence-corrected chi connectivity index (χ0v) is 8.89. The quantitative estimate of drug-likeness (QED) is 0.668. The lowest BCUT2D eigenvalue weighted by Crippen LogP contribution is -2.50. The fraction of sp³-hybridized carbons (Fsp3) is 1.00. The predicted molar refractivity (Wildman–Crippen MR) is 53.2 cm³/mol. The summed E-state index contributed by atoms with van der Waals surface area (Å²) in [6.45, 7) is 7.20. The van der Waals surface area contributed by atoms with Crippen LogP contribution in [0.15, 0.2) is 0 Å². The van der Waals surface area contributed by atoms with Crippen molar-refractivity contribution in [1.29, 1.82) is 0 Å². The van der Waals surface area contributed by atoms with Gasteiger partial charge in [0, 0.05) is 12.6 Å². The highest BCUT2D eigenvalue weighted by Gasteiger charge is 2.30. The lowest BCUT2D eigenvalue weighted by molar-refractivity contribution is 0.0879. The second-order valence-electron chi connectivity index (χ2n) is 3.53. The molecule has 0 bridgehead atoms. The predicted octanol–water partition coefficient (Wildman–Crippen LogP) is 2.18. The molecule has 0 aromatic rings. The molecule has 0 rings (SSSR count). The van der Waals surface area contributed by atoms with Gasteiger partial charge in [-0.3, -0.25) is 0 Å². The molecule has 0 radical (unpaired) electrons. The Morgan fingerprint density at radius 2 is 1.75 bits per heavy atom. The van der Waals surface area contributed by atoms with Crippen LogP contribution in [0.3, 0.4) is 0 Å². The van der Waals surface area contributed by atoms with E-state index < -0.39 is 0 Å². The van der Waals surface area contributed by atoms with Crippen LogP contribution in [0, 0.1) is 5.92 Å². The number of hydrogen-bond acceptors (Lipinski definition) is 2. The summed E-state index contributed by atoms with van der Waals surface area (Å²) in [6.07, 6.45) is 3.28. The smallest absolute Gasteiger partial charge is 0.0645 e. The molecule has 0 saturated heterocycles. The monoisotopic (exact) mass is 173 g/mol. The van der Waals surface area contributed by atoms with Crippen molar-refractivity contribution in [2.24, 2.45) is 11.7 Å². The van der Waals surface area contributed by atoms with Crippen molar-refractivity contribution in [2.45, 2.75) is 45.6 Å². The van der Waals surface area contributed by atoms with E-state index in [9.17, 15) is 0 Å². The van der Waals surface area contributed by atoms with Gasteiger partial charge >= 0.3 is 0 Å². The number of nitrogens with two attached hydrogens (primary N) is 1. The summed E-state index contributed by atoms with van der Waals surface area (Å²) >= 11 is 0. The molecule has 0 amide bonds. The molecular weight excluding hydrogens is 150 g/mol. The normalized spacial score (nSPS) is 16.5. The van der Waals surface area contributed by atoms with Gasteiger partial charge in [-0.2, -0.15) is 0 Å². The van der Waals surface area contributed by atoms with Crippen molar-refractivity contribution in [3.8, 4) is 0 Å².